The van der Waals surface area contributed by atoms with Crippen LogP contribution in [0.25, 0.3) is 0 Å². The molecule has 0 saturated carbocycles. The SMILES string of the molecule is O=P(O)(O)[C@H](Nc1ncccn1)c1ccc(Br)cc1. The minimum Gasteiger partial charge on any atom is -0.336 e. The summed E-state index contributed by atoms with van der Waals surface area (Å²) < 4.78 is 12.4. The zero-order chi connectivity index (χ0) is 13.9. The molecule has 2 aromatic rings. The average Bonchev–Trinajstić information content (AvgIpc) is 2.37. The fraction of sp³-hybridized carbons (Fsp3) is 0.0909. The first kappa shape index (κ1) is 14.1. The van der Waals surface area contributed by atoms with Crippen LogP contribution in [0.2, 0.25) is 0 Å². The van der Waals surface area contributed by atoms with Crippen molar-refractivity contribution in [3.63, 3.8) is 0 Å². The van der Waals surface area contributed by atoms with Crippen molar-refractivity contribution < 1.29 is 14.4 Å². The van der Waals surface area contributed by atoms with Crippen LogP contribution in [0.1, 0.15) is 11.3 Å². The van der Waals surface area contributed by atoms with E-state index in [4.69, 9.17) is 0 Å². The normalized spacial score (nSPS) is 13.0. The van der Waals surface area contributed by atoms with Gasteiger partial charge in [0.05, 0.1) is 0 Å². The van der Waals surface area contributed by atoms with E-state index in [1.807, 2.05) is 0 Å². The molecule has 0 amide bonds. The maximum atomic E-state index is 11.6. The second-order valence-corrected chi connectivity index (χ2v) is 6.37. The van der Waals surface area contributed by atoms with Crippen LogP contribution in [0, 0.1) is 0 Å². The lowest BCUT2D eigenvalue weighted by molar-refractivity contribution is 0.363. The zero-order valence-electron chi connectivity index (χ0n) is 9.64. The maximum Gasteiger partial charge on any atom is 0.352 e. The highest BCUT2D eigenvalue weighted by Gasteiger charge is 2.31. The topological polar surface area (TPSA) is 95.3 Å². The summed E-state index contributed by atoms with van der Waals surface area (Å²) in [5.41, 5.74) is 0.462. The Balaban J connectivity index is 2.32. The summed E-state index contributed by atoms with van der Waals surface area (Å²) in [5, 5.41) is 2.65. The molecule has 8 heteroatoms. The van der Waals surface area contributed by atoms with Gasteiger partial charge in [0.2, 0.25) is 5.95 Å². The molecule has 0 unspecified atom stereocenters. The van der Waals surface area contributed by atoms with Gasteiger partial charge in [0.15, 0.2) is 5.78 Å². The number of rotatable bonds is 4. The molecular formula is C11H11BrN3O3P. The molecule has 0 aliphatic rings. The third-order valence-electron chi connectivity index (χ3n) is 2.35. The standard InChI is InChI=1S/C11H11BrN3O3P/c12-9-4-2-8(3-5-9)10(19(16,17)18)15-11-13-6-1-7-14-11/h1-7,10H,(H,13,14,15)(H2,16,17,18)/t10-/m0/s1. The Morgan fingerprint density at radius 3 is 2.26 bits per heavy atom. The number of nitrogens with zero attached hydrogens (tertiary/aromatic N) is 2. The van der Waals surface area contributed by atoms with Gasteiger partial charge in [0, 0.05) is 16.9 Å². The summed E-state index contributed by atoms with van der Waals surface area (Å²) in [6, 6.07) is 8.31. The van der Waals surface area contributed by atoms with E-state index in [-0.39, 0.29) is 5.95 Å². The minimum absolute atomic E-state index is 0.166. The van der Waals surface area contributed by atoms with E-state index in [0.717, 1.165) is 4.47 Å². The molecule has 1 atom stereocenters. The van der Waals surface area contributed by atoms with Gasteiger partial charge < -0.3 is 15.1 Å². The molecule has 0 saturated heterocycles. The van der Waals surface area contributed by atoms with Gasteiger partial charge in [-0.2, -0.15) is 0 Å². The summed E-state index contributed by atoms with van der Waals surface area (Å²) >= 11 is 3.27. The van der Waals surface area contributed by atoms with Crippen LogP contribution >= 0.6 is 23.5 Å². The zero-order valence-corrected chi connectivity index (χ0v) is 12.1. The van der Waals surface area contributed by atoms with Gasteiger partial charge in [-0.15, -0.1) is 0 Å². The summed E-state index contributed by atoms with van der Waals surface area (Å²) in [6.45, 7) is 0. The molecule has 1 heterocycles. The Morgan fingerprint density at radius 2 is 1.74 bits per heavy atom. The third-order valence-corrected chi connectivity index (χ3v) is 3.98. The predicted octanol–water partition coefficient (Wildman–Crippen LogP) is 2.53. The largest absolute Gasteiger partial charge is 0.352 e. The number of nitrogens with one attached hydrogen (secondary N) is 1. The lowest BCUT2D eigenvalue weighted by Gasteiger charge is -2.20. The summed E-state index contributed by atoms with van der Waals surface area (Å²) in [4.78, 5) is 26.7. The van der Waals surface area contributed by atoms with Gasteiger partial charge in [-0.1, -0.05) is 28.1 Å². The van der Waals surface area contributed by atoms with Gasteiger partial charge in [0.1, 0.15) is 0 Å². The monoisotopic (exact) mass is 343 g/mol. The first-order valence-electron chi connectivity index (χ1n) is 5.31. The van der Waals surface area contributed by atoms with Crippen molar-refractivity contribution in [1.82, 2.24) is 9.97 Å². The van der Waals surface area contributed by atoms with E-state index in [9.17, 15) is 14.4 Å². The van der Waals surface area contributed by atoms with Gasteiger partial charge in [-0.3, -0.25) is 4.57 Å². The van der Waals surface area contributed by atoms with Gasteiger partial charge in [0.25, 0.3) is 0 Å². The quantitative estimate of drug-likeness (QED) is 0.738. The van der Waals surface area contributed by atoms with Crippen LogP contribution in [0.4, 0.5) is 5.95 Å². The molecule has 0 fully saturated rings. The third kappa shape index (κ3) is 3.84. The highest BCUT2D eigenvalue weighted by Crippen LogP contribution is 2.51. The van der Waals surface area contributed by atoms with Gasteiger partial charge in [-0.25, -0.2) is 9.97 Å². The Bertz CT molecular complexity index is 588. The number of anilines is 1. The molecule has 1 aromatic heterocycles. The van der Waals surface area contributed by atoms with E-state index >= 15 is 0 Å². The molecule has 6 nitrogen and oxygen atoms in total. The van der Waals surface area contributed by atoms with Crippen molar-refractivity contribution in [3.8, 4) is 0 Å². The second kappa shape index (κ2) is 5.79. The second-order valence-electron chi connectivity index (χ2n) is 3.76. The molecule has 0 aliphatic heterocycles. The number of aromatic nitrogens is 2. The van der Waals surface area contributed by atoms with Crippen molar-refractivity contribution in [1.29, 1.82) is 0 Å². The molecule has 0 spiro atoms. The van der Waals surface area contributed by atoms with E-state index in [1.54, 1.807) is 30.3 Å². The van der Waals surface area contributed by atoms with E-state index in [2.05, 4.69) is 31.2 Å². The van der Waals surface area contributed by atoms with Crippen LogP contribution < -0.4 is 5.32 Å². The summed E-state index contributed by atoms with van der Waals surface area (Å²) in [5.74, 6) is -1.01. The van der Waals surface area contributed by atoms with Crippen LogP contribution in [0.3, 0.4) is 0 Å². The predicted molar refractivity (Wildman–Crippen MR) is 74.6 cm³/mol. The van der Waals surface area contributed by atoms with Gasteiger partial charge >= 0.3 is 7.60 Å². The molecule has 2 rings (SSSR count). The first-order valence-corrected chi connectivity index (χ1v) is 7.78. The molecule has 19 heavy (non-hydrogen) atoms. The lowest BCUT2D eigenvalue weighted by Crippen LogP contribution is -2.13. The summed E-state index contributed by atoms with van der Waals surface area (Å²) in [6.07, 6.45) is 2.99. The van der Waals surface area contributed by atoms with Crippen LogP contribution in [0.5, 0.6) is 0 Å². The molecule has 0 radical (unpaired) electrons. The Kier molecular flexibility index (Phi) is 4.31. The van der Waals surface area contributed by atoms with Crippen LogP contribution in [-0.4, -0.2) is 19.8 Å². The fourth-order valence-electron chi connectivity index (χ4n) is 1.50. The van der Waals surface area contributed by atoms with Crippen LogP contribution in [-0.2, 0) is 4.57 Å². The highest BCUT2D eigenvalue weighted by atomic mass is 79.9. The molecule has 0 aliphatic carbocycles. The van der Waals surface area contributed by atoms with Crippen molar-refractivity contribution >= 4 is 29.5 Å². The number of hydrogen-bond donors (Lipinski definition) is 3. The Morgan fingerprint density at radius 1 is 1.16 bits per heavy atom. The van der Waals surface area contributed by atoms with E-state index in [1.165, 1.54) is 12.4 Å². The average molecular weight is 344 g/mol. The Labute approximate surface area is 118 Å². The van der Waals surface area contributed by atoms with E-state index < -0.39 is 13.4 Å². The smallest absolute Gasteiger partial charge is 0.336 e. The first-order chi connectivity index (χ1) is 8.97. The number of benzene rings is 1. The van der Waals surface area contributed by atoms with Crippen LogP contribution in [0.15, 0.2) is 47.2 Å². The molecular weight excluding hydrogens is 333 g/mol. The van der Waals surface area contributed by atoms with Crippen molar-refractivity contribution in [3.05, 3.63) is 52.8 Å². The van der Waals surface area contributed by atoms with Crippen molar-refractivity contribution in [2.24, 2.45) is 0 Å². The fourth-order valence-corrected chi connectivity index (χ4v) is 2.61. The number of hydrogen-bond acceptors (Lipinski definition) is 4. The maximum absolute atomic E-state index is 11.6. The molecule has 3 N–H and O–H groups in total. The van der Waals surface area contributed by atoms with Crippen molar-refractivity contribution in [2.45, 2.75) is 5.78 Å². The van der Waals surface area contributed by atoms with E-state index in [0.29, 0.717) is 5.56 Å². The molecule has 1 aromatic carbocycles. The highest BCUT2D eigenvalue weighted by molar-refractivity contribution is 9.10. The molecule has 100 valence electrons. The number of halogens is 1. The Hall–Kier alpha value is -1.27. The minimum atomic E-state index is -4.38. The lowest BCUT2D eigenvalue weighted by atomic mass is 10.2. The molecule has 0 bridgehead atoms. The van der Waals surface area contributed by atoms with Crippen molar-refractivity contribution in [2.75, 3.05) is 5.32 Å². The van der Waals surface area contributed by atoms with Gasteiger partial charge in [-0.05, 0) is 23.8 Å². The summed E-state index contributed by atoms with van der Waals surface area (Å²) in [7, 11) is -4.38.